The van der Waals surface area contributed by atoms with Crippen LogP contribution in [0.15, 0.2) is 54.0 Å². The van der Waals surface area contributed by atoms with E-state index in [9.17, 15) is 4.79 Å². The highest BCUT2D eigenvalue weighted by molar-refractivity contribution is 7.16. The smallest absolute Gasteiger partial charge is 0.281 e. The third-order valence-electron chi connectivity index (χ3n) is 3.73. The Morgan fingerprint density at radius 1 is 1.33 bits per heavy atom. The summed E-state index contributed by atoms with van der Waals surface area (Å²) in [5, 5.41) is 0.412. The van der Waals surface area contributed by atoms with Crippen molar-refractivity contribution in [1.82, 2.24) is 4.57 Å². The predicted molar refractivity (Wildman–Crippen MR) is 101 cm³/mol. The number of thiazole rings is 1. The maximum Gasteiger partial charge on any atom is 0.281 e. The lowest BCUT2D eigenvalue weighted by molar-refractivity contribution is 0.0998. The molecule has 0 radical (unpaired) electrons. The first-order valence-electron chi connectivity index (χ1n) is 7.56. The SMILES string of the molecule is C=CCn1c(=NC(=O)c2ccccc2Cl)sc2cc(C)cc(C)c21. The molecule has 0 aliphatic carbocycles. The molecule has 1 heterocycles. The van der Waals surface area contributed by atoms with Gasteiger partial charge in [-0.2, -0.15) is 4.99 Å². The van der Waals surface area contributed by atoms with E-state index in [0.717, 1.165) is 15.8 Å². The number of carbonyl (C=O) groups is 1. The molecule has 3 aromatic rings. The number of hydrogen-bond acceptors (Lipinski definition) is 2. The van der Waals surface area contributed by atoms with Gasteiger partial charge in [-0.25, -0.2) is 0 Å². The predicted octanol–water partition coefficient (Wildman–Crippen LogP) is 4.90. The van der Waals surface area contributed by atoms with E-state index in [2.05, 4.69) is 37.6 Å². The lowest BCUT2D eigenvalue weighted by Crippen LogP contribution is -2.16. The number of benzene rings is 2. The Balaban J connectivity index is 2.23. The number of rotatable bonds is 3. The van der Waals surface area contributed by atoms with Gasteiger partial charge in [0.1, 0.15) is 0 Å². The summed E-state index contributed by atoms with van der Waals surface area (Å²) >= 11 is 7.62. The van der Waals surface area contributed by atoms with E-state index in [1.165, 1.54) is 16.9 Å². The zero-order valence-electron chi connectivity index (χ0n) is 13.5. The third-order valence-corrected chi connectivity index (χ3v) is 5.08. The number of carbonyl (C=O) groups excluding carboxylic acids is 1. The Bertz CT molecular complexity index is 1010. The second kappa shape index (κ2) is 6.75. The van der Waals surface area contributed by atoms with E-state index in [4.69, 9.17) is 11.6 Å². The number of amides is 1. The molecule has 0 saturated carbocycles. The fourth-order valence-electron chi connectivity index (χ4n) is 2.76. The minimum Gasteiger partial charge on any atom is -0.312 e. The first kappa shape index (κ1) is 16.7. The Hall–Kier alpha value is -2.17. The Morgan fingerprint density at radius 2 is 2.08 bits per heavy atom. The second-order valence-corrected chi connectivity index (χ2v) is 7.03. The number of hydrogen-bond donors (Lipinski definition) is 0. The van der Waals surface area contributed by atoms with Crippen molar-refractivity contribution < 1.29 is 4.79 Å². The molecule has 0 spiro atoms. The molecule has 122 valence electrons. The van der Waals surface area contributed by atoms with Crippen molar-refractivity contribution in [2.24, 2.45) is 4.99 Å². The minimum absolute atomic E-state index is 0.334. The van der Waals surface area contributed by atoms with Crippen LogP contribution in [0.2, 0.25) is 5.02 Å². The molecule has 1 amide bonds. The Morgan fingerprint density at radius 3 is 2.79 bits per heavy atom. The van der Waals surface area contributed by atoms with Gasteiger partial charge in [-0.3, -0.25) is 4.79 Å². The lowest BCUT2D eigenvalue weighted by atomic mass is 10.1. The summed E-state index contributed by atoms with van der Waals surface area (Å²) in [6.07, 6.45) is 1.81. The molecule has 5 heteroatoms. The molecule has 0 fully saturated rings. The van der Waals surface area contributed by atoms with Crippen molar-refractivity contribution in [3.63, 3.8) is 0 Å². The van der Waals surface area contributed by atoms with Gasteiger partial charge in [0.25, 0.3) is 5.91 Å². The van der Waals surface area contributed by atoms with Crippen molar-refractivity contribution in [3.05, 3.63) is 75.6 Å². The van der Waals surface area contributed by atoms with Gasteiger partial charge in [0.05, 0.1) is 20.8 Å². The van der Waals surface area contributed by atoms with Crippen molar-refractivity contribution >= 4 is 39.1 Å². The highest BCUT2D eigenvalue weighted by atomic mass is 35.5. The molecule has 1 aromatic heterocycles. The lowest BCUT2D eigenvalue weighted by Gasteiger charge is -2.05. The largest absolute Gasteiger partial charge is 0.312 e. The van der Waals surface area contributed by atoms with E-state index in [1.54, 1.807) is 24.3 Å². The maximum atomic E-state index is 12.5. The van der Waals surface area contributed by atoms with Crippen LogP contribution in [0.25, 0.3) is 10.2 Å². The third kappa shape index (κ3) is 3.07. The minimum atomic E-state index is -0.334. The van der Waals surface area contributed by atoms with E-state index < -0.39 is 0 Å². The average Bonchev–Trinajstić information content (AvgIpc) is 2.85. The number of fused-ring (bicyclic) bond motifs is 1. The monoisotopic (exact) mass is 356 g/mol. The van der Waals surface area contributed by atoms with Crippen molar-refractivity contribution in [2.75, 3.05) is 0 Å². The molecule has 0 aliphatic heterocycles. The molecule has 0 bridgehead atoms. The van der Waals surface area contributed by atoms with Crippen LogP contribution in [0.3, 0.4) is 0 Å². The van der Waals surface area contributed by atoms with E-state index in [1.807, 2.05) is 10.6 Å². The van der Waals surface area contributed by atoms with Gasteiger partial charge in [-0.1, -0.05) is 47.2 Å². The van der Waals surface area contributed by atoms with Gasteiger partial charge in [0, 0.05) is 6.54 Å². The number of nitrogens with zero attached hydrogens (tertiary/aromatic N) is 2. The fourth-order valence-corrected chi connectivity index (χ4v) is 4.19. The molecule has 2 aromatic carbocycles. The zero-order chi connectivity index (χ0) is 17.3. The van der Waals surface area contributed by atoms with Crippen LogP contribution in [0.4, 0.5) is 0 Å². The highest BCUT2D eigenvalue weighted by Gasteiger charge is 2.12. The number of aryl methyl sites for hydroxylation is 2. The van der Waals surface area contributed by atoms with Gasteiger partial charge >= 0.3 is 0 Å². The molecule has 0 saturated heterocycles. The van der Waals surface area contributed by atoms with Crippen LogP contribution in [-0.4, -0.2) is 10.5 Å². The van der Waals surface area contributed by atoms with Crippen LogP contribution >= 0.6 is 22.9 Å². The average molecular weight is 357 g/mol. The molecule has 0 aliphatic rings. The summed E-state index contributed by atoms with van der Waals surface area (Å²) < 4.78 is 3.14. The zero-order valence-corrected chi connectivity index (χ0v) is 15.1. The van der Waals surface area contributed by atoms with Crippen LogP contribution in [0.5, 0.6) is 0 Å². The van der Waals surface area contributed by atoms with Crippen LogP contribution in [0, 0.1) is 13.8 Å². The summed E-state index contributed by atoms with van der Waals surface area (Å²) in [6, 6.07) is 11.2. The van der Waals surface area contributed by atoms with Gasteiger partial charge < -0.3 is 4.57 Å². The van der Waals surface area contributed by atoms with Gasteiger partial charge in [0.15, 0.2) is 4.80 Å². The fraction of sp³-hybridized carbons (Fsp3) is 0.158. The molecular formula is C19H17ClN2OS. The van der Waals surface area contributed by atoms with Crippen molar-refractivity contribution in [2.45, 2.75) is 20.4 Å². The van der Waals surface area contributed by atoms with E-state index >= 15 is 0 Å². The quantitative estimate of drug-likeness (QED) is 0.614. The molecular weight excluding hydrogens is 340 g/mol. The summed E-state index contributed by atoms with van der Waals surface area (Å²) in [4.78, 5) is 17.5. The Kier molecular flexibility index (Phi) is 4.69. The first-order chi connectivity index (χ1) is 11.5. The topological polar surface area (TPSA) is 34.4 Å². The maximum absolute atomic E-state index is 12.5. The molecule has 0 unspecified atom stereocenters. The van der Waals surface area contributed by atoms with Crippen LogP contribution in [0.1, 0.15) is 21.5 Å². The second-order valence-electron chi connectivity index (χ2n) is 5.61. The van der Waals surface area contributed by atoms with E-state index in [0.29, 0.717) is 21.9 Å². The van der Waals surface area contributed by atoms with Gasteiger partial charge in [0.2, 0.25) is 0 Å². The van der Waals surface area contributed by atoms with Gasteiger partial charge in [-0.15, -0.1) is 6.58 Å². The summed E-state index contributed by atoms with van der Waals surface area (Å²) in [6.45, 7) is 8.55. The van der Waals surface area contributed by atoms with Crippen LogP contribution < -0.4 is 4.80 Å². The summed E-state index contributed by atoms with van der Waals surface area (Å²) in [5.41, 5.74) is 3.86. The highest BCUT2D eigenvalue weighted by Crippen LogP contribution is 2.23. The number of halogens is 1. The van der Waals surface area contributed by atoms with Gasteiger partial charge in [-0.05, 0) is 43.2 Å². The number of allylic oxidation sites excluding steroid dienone is 1. The summed E-state index contributed by atoms with van der Waals surface area (Å²) in [5.74, 6) is -0.334. The van der Waals surface area contributed by atoms with E-state index in [-0.39, 0.29) is 5.91 Å². The normalized spacial score (nSPS) is 11.9. The Labute approximate surface area is 149 Å². The van der Waals surface area contributed by atoms with Crippen molar-refractivity contribution in [3.8, 4) is 0 Å². The van der Waals surface area contributed by atoms with Crippen molar-refractivity contribution in [1.29, 1.82) is 0 Å². The molecule has 0 atom stereocenters. The summed E-state index contributed by atoms with van der Waals surface area (Å²) in [7, 11) is 0. The first-order valence-corrected chi connectivity index (χ1v) is 8.76. The molecule has 0 N–H and O–H groups in total. The molecule has 3 rings (SSSR count). The number of aromatic nitrogens is 1. The van der Waals surface area contributed by atoms with Crippen LogP contribution in [-0.2, 0) is 6.54 Å². The standard InChI is InChI=1S/C19H17ClN2OS/c1-4-9-22-17-13(3)10-12(2)11-16(17)24-19(22)21-18(23)14-7-5-6-8-15(14)20/h4-8,10-11H,1,9H2,2-3H3. The molecule has 24 heavy (non-hydrogen) atoms. The molecule has 3 nitrogen and oxygen atoms in total.